The molecule has 0 amide bonds. The first-order chi connectivity index (χ1) is 9.36. The van der Waals surface area contributed by atoms with Gasteiger partial charge in [0.1, 0.15) is 11.9 Å². The molecular formula is C14H16N4S. The van der Waals surface area contributed by atoms with Gasteiger partial charge in [0, 0.05) is 48.2 Å². The molecule has 0 spiro atoms. The molecule has 1 N–H and O–H groups in total. The average Bonchev–Trinajstić information content (AvgIpc) is 3.07. The first kappa shape index (κ1) is 12.4. The van der Waals surface area contributed by atoms with Crippen LogP contribution in [0.2, 0.25) is 0 Å². The number of nitrogens with zero attached hydrogens (tertiary/aromatic N) is 3. The topological polar surface area (TPSA) is 53.6 Å². The van der Waals surface area contributed by atoms with Crippen molar-refractivity contribution in [3.05, 3.63) is 40.1 Å². The second kappa shape index (κ2) is 5.55. The van der Waals surface area contributed by atoms with E-state index in [0.29, 0.717) is 5.92 Å². The highest BCUT2D eigenvalue weighted by atomic mass is 32.1. The van der Waals surface area contributed by atoms with Crippen molar-refractivity contribution in [2.45, 2.75) is 31.8 Å². The molecule has 0 aliphatic carbocycles. The van der Waals surface area contributed by atoms with Gasteiger partial charge in [-0.1, -0.05) is 0 Å². The van der Waals surface area contributed by atoms with Crippen LogP contribution >= 0.6 is 11.3 Å². The van der Waals surface area contributed by atoms with Crippen molar-refractivity contribution in [2.75, 3.05) is 6.54 Å². The molecule has 0 bridgehead atoms. The Morgan fingerprint density at radius 2 is 2.53 bits per heavy atom. The number of nitriles is 1. The fourth-order valence-electron chi connectivity index (χ4n) is 2.60. The molecule has 5 heteroatoms. The molecule has 3 heterocycles. The minimum absolute atomic E-state index is 0.513. The summed E-state index contributed by atoms with van der Waals surface area (Å²) in [6.07, 6.45) is 6.40. The molecule has 2 aromatic rings. The Morgan fingerprint density at radius 1 is 1.58 bits per heavy atom. The summed E-state index contributed by atoms with van der Waals surface area (Å²) >= 11 is 1.64. The van der Waals surface area contributed by atoms with Crippen LogP contribution in [0.4, 0.5) is 0 Å². The lowest BCUT2D eigenvalue weighted by atomic mass is 9.99. The summed E-state index contributed by atoms with van der Waals surface area (Å²) in [7, 11) is 0. The maximum absolute atomic E-state index is 8.79. The van der Waals surface area contributed by atoms with Gasteiger partial charge in [0.05, 0.1) is 5.56 Å². The SMILES string of the molecule is N#Cc1csc(CNCC2CCCn3ccnc32)c1. The minimum atomic E-state index is 0.513. The van der Waals surface area contributed by atoms with E-state index < -0.39 is 0 Å². The molecule has 1 aliphatic heterocycles. The summed E-state index contributed by atoms with van der Waals surface area (Å²) in [5.41, 5.74) is 0.759. The van der Waals surface area contributed by atoms with Crippen molar-refractivity contribution in [2.24, 2.45) is 0 Å². The predicted octanol–water partition coefficient (Wildman–Crippen LogP) is 2.48. The third-order valence-electron chi connectivity index (χ3n) is 3.54. The summed E-state index contributed by atoms with van der Waals surface area (Å²) in [6, 6.07) is 4.12. The zero-order valence-corrected chi connectivity index (χ0v) is 11.5. The summed E-state index contributed by atoms with van der Waals surface area (Å²) in [6.45, 7) is 2.89. The van der Waals surface area contributed by atoms with Crippen LogP contribution in [0.15, 0.2) is 23.8 Å². The van der Waals surface area contributed by atoms with E-state index in [9.17, 15) is 0 Å². The van der Waals surface area contributed by atoms with Crippen LogP contribution in [0.1, 0.15) is 35.0 Å². The number of aromatic nitrogens is 2. The van der Waals surface area contributed by atoms with Crippen LogP contribution in [-0.4, -0.2) is 16.1 Å². The van der Waals surface area contributed by atoms with E-state index in [2.05, 4.69) is 27.1 Å². The van der Waals surface area contributed by atoms with Gasteiger partial charge < -0.3 is 9.88 Å². The third kappa shape index (κ3) is 2.70. The smallest absolute Gasteiger partial charge is 0.113 e. The van der Waals surface area contributed by atoms with Gasteiger partial charge in [-0.3, -0.25) is 0 Å². The van der Waals surface area contributed by atoms with Crippen LogP contribution in [-0.2, 0) is 13.1 Å². The molecule has 2 aromatic heterocycles. The van der Waals surface area contributed by atoms with Crippen LogP contribution in [0.25, 0.3) is 0 Å². The number of thiophene rings is 1. The van der Waals surface area contributed by atoms with E-state index >= 15 is 0 Å². The standard InChI is InChI=1S/C14H16N4S/c15-7-11-6-13(19-10-11)9-16-8-12-2-1-4-18-5-3-17-14(12)18/h3,5-6,10,12,16H,1-2,4,8-9H2. The monoisotopic (exact) mass is 272 g/mol. The molecule has 0 radical (unpaired) electrons. The van der Waals surface area contributed by atoms with E-state index in [4.69, 9.17) is 5.26 Å². The van der Waals surface area contributed by atoms with Gasteiger partial charge in [0.15, 0.2) is 0 Å². The van der Waals surface area contributed by atoms with E-state index in [1.165, 1.54) is 23.5 Å². The predicted molar refractivity (Wildman–Crippen MR) is 74.9 cm³/mol. The Kier molecular flexibility index (Phi) is 3.62. The Bertz CT molecular complexity index is 593. The highest BCUT2D eigenvalue weighted by molar-refractivity contribution is 7.10. The number of hydrogen-bond donors (Lipinski definition) is 1. The number of nitrogens with one attached hydrogen (secondary N) is 1. The average molecular weight is 272 g/mol. The maximum Gasteiger partial charge on any atom is 0.113 e. The van der Waals surface area contributed by atoms with Crippen molar-refractivity contribution in [3.8, 4) is 6.07 Å². The molecule has 4 nitrogen and oxygen atoms in total. The van der Waals surface area contributed by atoms with E-state index in [0.717, 1.165) is 25.2 Å². The highest BCUT2D eigenvalue weighted by Crippen LogP contribution is 2.25. The quantitative estimate of drug-likeness (QED) is 0.930. The van der Waals surface area contributed by atoms with Gasteiger partial charge in [0.25, 0.3) is 0 Å². The minimum Gasteiger partial charge on any atom is -0.335 e. The van der Waals surface area contributed by atoms with E-state index in [1.54, 1.807) is 11.3 Å². The van der Waals surface area contributed by atoms with Crippen molar-refractivity contribution in [1.82, 2.24) is 14.9 Å². The zero-order chi connectivity index (χ0) is 13.1. The number of fused-ring (bicyclic) bond motifs is 1. The van der Waals surface area contributed by atoms with Crippen molar-refractivity contribution in [3.63, 3.8) is 0 Å². The lowest BCUT2D eigenvalue weighted by Crippen LogP contribution is -2.26. The second-order valence-electron chi connectivity index (χ2n) is 4.86. The van der Waals surface area contributed by atoms with Crippen LogP contribution in [0, 0.1) is 11.3 Å². The normalized spacial score (nSPS) is 17.9. The molecule has 1 unspecified atom stereocenters. The van der Waals surface area contributed by atoms with Gasteiger partial charge in [-0.05, 0) is 18.9 Å². The lowest BCUT2D eigenvalue weighted by Gasteiger charge is -2.23. The molecule has 0 aromatic carbocycles. The summed E-state index contributed by atoms with van der Waals surface area (Å²) in [5.74, 6) is 1.72. The van der Waals surface area contributed by atoms with Crippen LogP contribution in [0.5, 0.6) is 0 Å². The summed E-state index contributed by atoms with van der Waals surface area (Å²) < 4.78 is 2.26. The number of hydrogen-bond acceptors (Lipinski definition) is 4. The number of imidazole rings is 1. The summed E-state index contributed by atoms with van der Waals surface area (Å²) in [4.78, 5) is 5.68. The third-order valence-corrected chi connectivity index (χ3v) is 4.47. The number of aryl methyl sites for hydroxylation is 1. The molecule has 1 aliphatic rings. The van der Waals surface area contributed by atoms with Crippen molar-refractivity contribution >= 4 is 11.3 Å². The Hall–Kier alpha value is -1.64. The Balaban J connectivity index is 1.55. The maximum atomic E-state index is 8.79. The first-order valence-electron chi connectivity index (χ1n) is 6.56. The van der Waals surface area contributed by atoms with Gasteiger partial charge in [-0.15, -0.1) is 11.3 Å². The fraction of sp³-hybridized carbons (Fsp3) is 0.429. The van der Waals surface area contributed by atoms with Crippen LogP contribution < -0.4 is 5.32 Å². The molecular weight excluding hydrogens is 256 g/mol. The molecule has 0 saturated heterocycles. The zero-order valence-electron chi connectivity index (χ0n) is 10.7. The molecule has 1 atom stereocenters. The largest absolute Gasteiger partial charge is 0.335 e. The van der Waals surface area contributed by atoms with Gasteiger partial charge >= 0.3 is 0 Å². The Labute approximate surface area is 116 Å². The second-order valence-corrected chi connectivity index (χ2v) is 5.86. The van der Waals surface area contributed by atoms with Gasteiger partial charge in [-0.25, -0.2) is 4.98 Å². The van der Waals surface area contributed by atoms with Crippen LogP contribution in [0.3, 0.4) is 0 Å². The Morgan fingerprint density at radius 3 is 3.37 bits per heavy atom. The molecule has 0 fully saturated rings. The molecule has 3 rings (SSSR count). The van der Waals surface area contributed by atoms with Gasteiger partial charge in [0.2, 0.25) is 0 Å². The van der Waals surface area contributed by atoms with E-state index in [1.807, 2.05) is 17.6 Å². The van der Waals surface area contributed by atoms with Crippen molar-refractivity contribution in [1.29, 1.82) is 5.26 Å². The fourth-order valence-corrected chi connectivity index (χ4v) is 3.38. The lowest BCUT2D eigenvalue weighted by molar-refractivity contribution is 0.423. The summed E-state index contributed by atoms with van der Waals surface area (Å²) in [5, 5.41) is 14.2. The first-order valence-corrected chi connectivity index (χ1v) is 7.44. The van der Waals surface area contributed by atoms with E-state index in [-0.39, 0.29) is 0 Å². The molecule has 19 heavy (non-hydrogen) atoms. The number of rotatable bonds is 4. The van der Waals surface area contributed by atoms with Gasteiger partial charge in [-0.2, -0.15) is 5.26 Å². The molecule has 98 valence electrons. The molecule has 0 saturated carbocycles. The highest BCUT2D eigenvalue weighted by Gasteiger charge is 2.20. The van der Waals surface area contributed by atoms with Crippen molar-refractivity contribution < 1.29 is 0 Å².